The highest BCUT2D eigenvalue weighted by Gasteiger charge is 2.57. The number of carbonyl (C=O) groups excluding carboxylic acids is 1. The van der Waals surface area contributed by atoms with Crippen molar-refractivity contribution in [2.24, 2.45) is 5.92 Å². The summed E-state index contributed by atoms with van der Waals surface area (Å²) in [5.74, 6) is -0.235. The van der Waals surface area contributed by atoms with Gasteiger partial charge in [0.05, 0.1) is 24.9 Å². The highest BCUT2D eigenvalue weighted by molar-refractivity contribution is 5.66. The van der Waals surface area contributed by atoms with Crippen LogP contribution >= 0.6 is 0 Å². The lowest BCUT2D eigenvalue weighted by Gasteiger charge is -2.34. The molecule has 2 saturated carbocycles. The molecule has 2 saturated heterocycles. The Morgan fingerprint density at radius 3 is 2.71 bits per heavy atom. The summed E-state index contributed by atoms with van der Waals surface area (Å²) in [6.07, 6.45) is 7.96. The van der Waals surface area contributed by atoms with Crippen molar-refractivity contribution in [3.05, 3.63) is 0 Å². The number of ether oxygens (including phenoxy) is 4. The summed E-state index contributed by atoms with van der Waals surface area (Å²) in [5.41, 5.74) is 0. The van der Waals surface area contributed by atoms with Gasteiger partial charge in [0.25, 0.3) is 0 Å². The molecule has 5 heteroatoms. The second kappa shape index (κ2) is 5.21. The number of carbonyl (C=O) groups is 1. The Labute approximate surface area is 125 Å². The first-order valence-electron chi connectivity index (χ1n) is 8.30. The lowest BCUT2D eigenvalue weighted by atomic mass is 9.83. The van der Waals surface area contributed by atoms with Gasteiger partial charge in [-0.25, -0.2) is 0 Å². The van der Waals surface area contributed by atoms with Crippen LogP contribution < -0.4 is 0 Å². The number of hydrogen-bond acceptors (Lipinski definition) is 5. The number of rotatable bonds is 2. The molecule has 21 heavy (non-hydrogen) atoms. The van der Waals surface area contributed by atoms with Gasteiger partial charge in [0.1, 0.15) is 6.10 Å². The van der Waals surface area contributed by atoms with Crippen molar-refractivity contribution < 1.29 is 23.7 Å². The Bertz CT molecular complexity index is 417. The van der Waals surface area contributed by atoms with Crippen LogP contribution in [-0.2, 0) is 23.7 Å². The van der Waals surface area contributed by atoms with Gasteiger partial charge in [-0.2, -0.15) is 0 Å². The molecule has 4 aliphatic rings. The van der Waals surface area contributed by atoms with Gasteiger partial charge in [-0.05, 0) is 19.3 Å². The molecule has 2 aliphatic carbocycles. The van der Waals surface area contributed by atoms with Gasteiger partial charge in [0, 0.05) is 32.1 Å². The van der Waals surface area contributed by atoms with Crippen molar-refractivity contribution in [3.63, 3.8) is 0 Å². The van der Waals surface area contributed by atoms with Gasteiger partial charge >= 0.3 is 5.97 Å². The minimum atomic E-state index is -0.332. The first-order valence-corrected chi connectivity index (χ1v) is 8.30. The van der Waals surface area contributed by atoms with E-state index in [2.05, 4.69) is 0 Å². The van der Waals surface area contributed by atoms with Crippen molar-refractivity contribution in [3.8, 4) is 0 Å². The fourth-order valence-corrected chi connectivity index (χ4v) is 4.35. The van der Waals surface area contributed by atoms with Crippen LogP contribution in [0, 0.1) is 5.92 Å². The van der Waals surface area contributed by atoms with E-state index in [9.17, 15) is 4.79 Å². The fourth-order valence-electron chi connectivity index (χ4n) is 4.35. The van der Waals surface area contributed by atoms with Crippen molar-refractivity contribution >= 4 is 5.97 Å². The van der Waals surface area contributed by atoms with Crippen LogP contribution in [0.25, 0.3) is 0 Å². The molecule has 5 atom stereocenters. The van der Waals surface area contributed by atoms with Crippen molar-refractivity contribution in [1.82, 2.24) is 0 Å². The van der Waals surface area contributed by atoms with Gasteiger partial charge in [0.2, 0.25) is 0 Å². The zero-order valence-corrected chi connectivity index (χ0v) is 12.6. The molecule has 4 rings (SSSR count). The van der Waals surface area contributed by atoms with E-state index in [1.165, 1.54) is 26.2 Å². The lowest BCUT2D eigenvalue weighted by Crippen LogP contribution is -2.39. The van der Waals surface area contributed by atoms with E-state index in [-0.39, 0.29) is 36.2 Å². The molecule has 5 nitrogen and oxygen atoms in total. The Hall–Kier alpha value is -0.650. The third kappa shape index (κ3) is 2.71. The third-order valence-corrected chi connectivity index (χ3v) is 5.38. The summed E-state index contributed by atoms with van der Waals surface area (Å²) >= 11 is 0. The van der Waals surface area contributed by atoms with Crippen molar-refractivity contribution in [2.75, 3.05) is 6.61 Å². The predicted molar refractivity (Wildman–Crippen MR) is 73.6 cm³/mol. The SMILES string of the molecule is CC(=O)O[C@H]1C[C@@H]([C@H]2COC3(CCCCC3)O2)[C@@H]2O[C@@H]2C1. The highest BCUT2D eigenvalue weighted by atomic mass is 16.7. The Morgan fingerprint density at radius 2 is 1.95 bits per heavy atom. The van der Waals surface area contributed by atoms with E-state index in [1.54, 1.807) is 0 Å². The summed E-state index contributed by atoms with van der Waals surface area (Å²) in [5, 5.41) is 0. The summed E-state index contributed by atoms with van der Waals surface area (Å²) in [7, 11) is 0. The fraction of sp³-hybridized carbons (Fsp3) is 0.938. The van der Waals surface area contributed by atoms with Crippen molar-refractivity contribution in [2.45, 2.75) is 82.1 Å². The largest absolute Gasteiger partial charge is 0.462 e. The molecule has 2 aliphatic heterocycles. The predicted octanol–water partition coefficient (Wildman–Crippen LogP) is 2.17. The van der Waals surface area contributed by atoms with E-state index >= 15 is 0 Å². The molecule has 0 aromatic rings. The average Bonchev–Trinajstić information content (AvgIpc) is 3.13. The van der Waals surface area contributed by atoms with Crippen LogP contribution in [-0.4, -0.2) is 42.8 Å². The molecule has 2 heterocycles. The Kier molecular flexibility index (Phi) is 3.47. The maximum Gasteiger partial charge on any atom is 0.302 e. The highest BCUT2D eigenvalue weighted by Crippen LogP contribution is 2.48. The first kappa shape index (κ1) is 14.0. The lowest BCUT2D eigenvalue weighted by molar-refractivity contribution is -0.194. The monoisotopic (exact) mass is 296 g/mol. The summed E-state index contributed by atoms with van der Waals surface area (Å²) in [6, 6.07) is 0. The van der Waals surface area contributed by atoms with Crippen LogP contribution in [0.15, 0.2) is 0 Å². The number of esters is 1. The first-order chi connectivity index (χ1) is 10.2. The molecule has 1 spiro atoms. The molecular weight excluding hydrogens is 272 g/mol. The number of epoxide rings is 1. The quantitative estimate of drug-likeness (QED) is 0.577. The molecule has 4 fully saturated rings. The van der Waals surface area contributed by atoms with Gasteiger partial charge in [-0.1, -0.05) is 6.42 Å². The number of hydrogen-bond donors (Lipinski definition) is 0. The summed E-state index contributed by atoms with van der Waals surface area (Å²) < 4.78 is 23.5. The molecule has 0 unspecified atom stereocenters. The minimum absolute atomic E-state index is 0.0252. The molecule has 0 bridgehead atoms. The second-order valence-corrected chi connectivity index (χ2v) is 6.94. The topological polar surface area (TPSA) is 57.3 Å². The van der Waals surface area contributed by atoms with Crippen LogP contribution in [0.1, 0.15) is 51.9 Å². The maximum absolute atomic E-state index is 11.2. The molecule has 0 radical (unpaired) electrons. The van der Waals surface area contributed by atoms with E-state index in [0.29, 0.717) is 12.5 Å². The smallest absolute Gasteiger partial charge is 0.302 e. The number of fused-ring (bicyclic) bond motifs is 1. The molecule has 0 N–H and O–H groups in total. The van der Waals surface area contributed by atoms with Crippen molar-refractivity contribution in [1.29, 1.82) is 0 Å². The van der Waals surface area contributed by atoms with E-state index in [4.69, 9.17) is 18.9 Å². The normalized spacial score (nSPS) is 44.3. The van der Waals surface area contributed by atoms with Crippen LogP contribution in [0.4, 0.5) is 0 Å². The molecular formula is C16H24O5. The van der Waals surface area contributed by atoms with Crippen LogP contribution in [0.2, 0.25) is 0 Å². The summed E-state index contributed by atoms with van der Waals surface area (Å²) in [4.78, 5) is 11.2. The Morgan fingerprint density at radius 1 is 1.14 bits per heavy atom. The van der Waals surface area contributed by atoms with Gasteiger partial charge in [0.15, 0.2) is 5.79 Å². The van der Waals surface area contributed by atoms with E-state index in [1.807, 2.05) is 0 Å². The second-order valence-electron chi connectivity index (χ2n) is 6.94. The molecule has 118 valence electrons. The minimum Gasteiger partial charge on any atom is -0.462 e. The molecule has 0 aromatic heterocycles. The van der Waals surface area contributed by atoms with Gasteiger partial charge in [-0.3, -0.25) is 4.79 Å². The summed E-state index contributed by atoms with van der Waals surface area (Å²) in [6.45, 7) is 2.13. The van der Waals surface area contributed by atoms with Gasteiger partial charge < -0.3 is 18.9 Å². The van der Waals surface area contributed by atoms with E-state index in [0.717, 1.165) is 25.7 Å². The maximum atomic E-state index is 11.2. The zero-order chi connectivity index (χ0) is 14.4. The van der Waals surface area contributed by atoms with Crippen LogP contribution in [0.5, 0.6) is 0 Å². The average molecular weight is 296 g/mol. The Balaban J connectivity index is 1.40. The zero-order valence-electron chi connectivity index (χ0n) is 12.6. The third-order valence-electron chi connectivity index (χ3n) is 5.38. The molecule has 0 amide bonds. The van der Waals surface area contributed by atoms with Crippen LogP contribution in [0.3, 0.4) is 0 Å². The van der Waals surface area contributed by atoms with Gasteiger partial charge in [-0.15, -0.1) is 0 Å². The standard InChI is InChI=1S/C16H24O5/c1-10(17)19-11-7-12(15-13(8-11)20-15)14-9-18-16(21-14)5-3-2-4-6-16/h11-15H,2-9H2,1H3/t11-,12-,13+,14+,15-/m0/s1. The molecule has 0 aromatic carbocycles. The van der Waals surface area contributed by atoms with E-state index < -0.39 is 0 Å².